The van der Waals surface area contributed by atoms with E-state index in [-0.39, 0.29) is 5.82 Å². The first-order valence-corrected chi connectivity index (χ1v) is 8.17. The molecule has 0 spiro atoms. The second-order valence-electron chi connectivity index (χ2n) is 5.81. The lowest BCUT2D eigenvalue weighted by Gasteiger charge is -2.27. The van der Waals surface area contributed by atoms with E-state index in [1.165, 1.54) is 11.6 Å². The molecule has 0 atom stereocenters. The molecule has 0 amide bonds. The summed E-state index contributed by atoms with van der Waals surface area (Å²) in [6, 6.07) is 21.0. The summed E-state index contributed by atoms with van der Waals surface area (Å²) < 4.78 is 13.7. The van der Waals surface area contributed by atoms with E-state index in [4.69, 9.17) is 11.6 Å². The first kappa shape index (κ1) is 15.0. The summed E-state index contributed by atoms with van der Waals surface area (Å²) >= 11 is 6.16. The summed E-state index contributed by atoms with van der Waals surface area (Å²) in [5.74, 6) is -0.234. The summed E-state index contributed by atoms with van der Waals surface area (Å²) in [5, 5.41) is 0.690. The van der Waals surface area contributed by atoms with Gasteiger partial charge >= 0.3 is 0 Å². The molecule has 0 saturated heterocycles. The topological polar surface area (TPSA) is 3.24 Å². The van der Waals surface area contributed by atoms with Gasteiger partial charge in [-0.1, -0.05) is 54.1 Å². The van der Waals surface area contributed by atoms with Crippen molar-refractivity contribution in [2.75, 3.05) is 4.90 Å². The van der Waals surface area contributed by atoms with E-state index in [1.807, 2.05) is 54.6 Å². The van der Waals surface area contributed by atoms with E-state index in [2.05, 4.69) is 17.0 Å². The van der Waals surface area contributed by atoms with E-state index in [9.17, 15) is 4.39 Å². The van der Waals surface area contributed by atoms with Gasteiger partial charge in [0.15, 0.2) is 0 Å². The van der Waals surface area contributed by atoms with Gasteiger partial charge in [-0.05, 0) is 47.5 Å². The zero-order valence-electron chi connectivity index (χ0n) is 12.9. The summed E-state index contributed by atoms with van der Waals surface area (Å²) in [6.07, 6.45) is 3.93. The molecule has 3 aromatic carbocycles. The van der Waals surface area contributed by atoms with Gasteiger partial charge in [-0.25, -0.2) is 4.39 Å². The molecule has 24 heavy (non-hydrogen) atoms. The largest absolute Gasteiger partial charge is 0.336 e. The van der Waals surface area contributed by atoms with E-state index >= 15 is 0 Å². The Bertz CT molecular complexity index is 863. The highest BCUT2D eigenvalue weighted by molar-refractivity contribution is 6.30. The molecular formula is C21H15ClFN. The van der Waals surface area contributed by atoms with Crippen molar-refractivity contribution in [1.29, 1.82) is 0 Å². The highest BCUT2D eigenvalue weighted by Crippen LogP contribution is 2.38. The van der Waals surface area contributed by atoms with Crippen LogP contribution in [0.2, 0.25) is 5.02 Å². The maximum absolute atomic E-state index is 13.7. The molecule has 118 valence electrons. The molecule has 0 fully saturated rings. The molecule has 0 N–H and O–H groups in total. The first-order chi connectivity index (χ1) is 11.7. The van der Waals surface area contributed by atoms with Crippen molar-refractivity contribution in [3.63, 3.8) is 0 Å². The van der Waals surface area contributed by atoms with Gasteiger partial charge in [0.1, 0.15) is 5.82 Å². The van der Waals surface area contributed by atoms with Crippen LogP contribution in [0.4, 0.5) is 15.8 Å². The lowest BCUT2D eigenvalue weighted by molar-refractivity contribution is 0.627. The molecule has 1 aliphatic rings. The Morgan fingerprint density at radius 1 is 0.792 bits per heavy atom. The van der Waals surface area contributed by atoms with Gasteiger partial charge in [-0.2, -0.15) is 0 Å². The van der Waals surface area contributed by atoms with Crippen LogP contribution in [0.3, 0.4) is 0 Å². The number of benzene rings is 3. The summed E-state index contributed by atoms with van der Waals surface area (Å²) in [6.45, 7) is 0.704. The van der Waals surface area contributed by atoms with Gasteiger partial charge < -0.3 is 4.90 Å². The maximum Gasteiger partial charge on any atom is 0.123 e. The number of rotatable bonds is 2. The maximum atomic E-state index is 13.7. The molecule has 1 aliphatic heterocycles. The minimum Gasteiger partial charge on any atom is -0.336 e. The Morgan fingerprint density at radius 2 is 1.46 bits per heavy atom. The van der Waals surface area contributed by atoms with Gasteiger partial charge in [0.2, 0.25) is 0 Å². The van der Waals surface area contributed by atoms with Crippen LogP contribution in [0.15, 0.2) is 66.7 Å². The zero-order chi connectivity index (χ0) is 16.5. The lowest BCUT2D eigenvalue weighted by Crippen LogP contribution is -2.17. The molecule has 4 rings (SSSR count). The van der Waals surface area contributed by atoms with Gasteiger partial charge in [0.05, 0.1) is 0 Å². The summed E-state index contributed by atoms with van der Waals surface area (Å²) in [5.41, 5.74) is 5.12. The van der Waals surface area contributed by atoms with Crippen molar-refractivity contribution < 1.29 is 4.39 Å². The molecule has 0 bridgehead atoms. The smallest absolute Gasteiger partial charge is 0.123 e. The molecular weight excluding hydrogens is 321 g/mol. The minimum atomic E-state index is -0.234. The fourth-order valence-electron chi connectivity index (χ4n) is 3.06. The van der Waals surface area contributed by atoms with Crippen LogP contribution >= 0.6 is 11.6 Å². The Morgan fingerprint density at radius 3 is 2.21 bits per heavy atom. The normalized spacial score (nSPS) is 12.5. The number of anilines is 2. The van der Waals surface area contributed by atoms with Crippen LogP contribution in [-0.4, -0.2) is 0 Å². The van der Waals surface area contributed by atoms with Crippen molar-refractivity contribution in [2.24, 2.45) is 0 Å². The molecule has 0 unspecified atom stereocenters. The fraction of sp³-hybridized carbons (Fsp3) is 0.0476. The highest BCUT2D eigenvalue weighted by Gasteiger charge is 2.19. The summed E-state index contributed by atoms with van der Waals surface area (Å²) in [4.78, 5) is 2.20. The Hall–Kier alpha value is -2.58. The molecule has 3 heteroatoms. The van der Waals surface area contributed by atoms with E-state index in [1.54, 1.807) is 6.07 Å². The van der Waals surface area contributed by atoms with Crippen LogP contribution in [0, 0.1) is 5.82 Å². The number of nitrogens with zero attached hydrogens (tertiary/aromatic N) is 1. The van der Waals surface area contributed by atoms with Crippen molar-refractivity contribution in [3.8, 4) is 0 Å². The third-order valence-corrected chi connectivity index (χ3v) is 4.42. The number of fused-ring (bicyclic) bond motifs is 2. The van der Waals surface area contributed by atoms with Gasteiger partial charge in [-0.3, -0.25) is 0 Å². The molecule has 0 radical (unpaired) electrons. The van der Waals surface area contributed by atoms with Crippen LogP contribution in [-0.2, 0) is 6.54 Å². The molecule has 1 nitrogen and oxygen atoms in total. The van der Waals surface area contributed by atoms with Crippen molar-refractivity contribution in [1.82, 2.24) is 0 Å². The number of halogens is 2. The minimum absolute atomic E-state index is 0.234. The molecule has 0 aromatic heterocycles. The van der Waals surface area contributed by atoms with Crippen LogP contribution in [0.25, 0.3) is 12.2 Å². The second kappa shape index (κ2) is 6.14. The van der Waals surface area contributed by atoms with Crippen molar-refractivity contribution in [2.45, 2.75) is 6.54 Å². The lowest BCUT2D eigenvalue weighted by atomic mass is 10.1. The predicted molar refractivity (Wildman–Crippen MR) is 99.1 cm³/mol. The Balaban J connectivity index is 1.88. The SMILES string of the molecule is Fc1ccc2c(c1)C=Cc1cc(Cl)ccc1N2Cc1ccccc1. The van der Waals surface area contributed by atoms with Crippen molar-refractivity contribution in [3.05, 3.63) is 94.3 Å². The Labute approximate surface area is 145 Å². The first-order valence-electron chi connectivity index (χ1n) is 7.79. The third-order valence-electron chi connectivity index (χ3n) is 4.19. The van der Waals surface area contributed by atoms with E-state index in [0.29, 0.717) is 11.6 Å². The molecule has 1 heterocycles. The van der Waals surface area contributed by atoms with Crippen molar-refractivity contribution >= 4 is 35.1 Å². The second-order valence-corrected chi connectivity index (χ2v) is 6.25. The van der Waals surface area contributed by atoms with Gasteiger partial charge in [-0.15, -0.1) is 0 Å². The van der Waals surface area contributed by atoms with Gasteiger partial charge in [0, 0.05) is 28.5 Å². The fourth-order valence-corrected chi connectivity index (χ4v) is 3.24. The molecule has 3 aromatic rings. The van der Waals surface area contributed by atoms with E-state index < -0.39 is 0 Å². The highest BCUT2D eigenvalue weighted by atomic mass is 35.5. The van der Waals surface area contributed by atoms with Crippen LogP contribution in [0.5, 0.6) is 0 Å². The Kier molecular flexibility index (Phi) is 3.83. The standard InChI is InChI=1S/C21H15ClFN/c22-18-8-10-20-16(12-18)6-7-17-13-19(23)9-11-21(17)24(20)14-15-4-2-1-3-5-15/h1-13H,14H2. The average Bonchev–Trinajstić information content (AvgIpc) is 2.73. The monoisotopic (exact) mass is 335 g/mol. The summed E-state index contributed by atoms with van der Waals surface area (Å²) in [7, 11) is 0. The van der Waals surface area contributed by atoms with Gasteiger partial charge in [0.25, 0.3) is 0 Å². The average molecular weight is 336 g/mol. The van der Waals surface area contributed by atoms with E-state index in [0.717, 1.165) is 22.5 Å². The van der Waals surface area contributed by atoms with Crippen LogP contribution in [0.1, 0.15) is 16.7 Å². The van der Waals surface area contributed by atoms with Crippen LogP contribution < -0.4 is 4.90 Å². The molecule has 0 aliphatic carbocycles. The number of hydrogen-bond donors (Lipinski definition) is 0. The quantitative estimate of drug-likeness (QED) is 0.531. The molecule has 0 saturated carbocycles. The predicted octanol–water partition coefficient (Wildman–Crippen LogP) is 6.30. The third kappa shape index (κ3) is 2.81. The number of hydrogen-bond acceptors (Lipinski definition) is 1. The zero-order valence-corrected chi connectivity index (χ0v) is 13.7.